The van der Waals surface area contributed by atoms with Crippen molar-refractivity contribution in [2.45, 2.75) is 66.2 Å². The van der Waals surface area contributed by atoms with Crippen molar-refractivity contribution in [3.63, 3.8) is 0 Å². The van der Waals surface area contributed by atoms with Gasteiger partial charge in [0.1, 0.15) is 0 Å². The second-order valence-electron chi connectivity index (χ2n) is 6.76. The van der Waals surface area contributed by atoms with E-state index < -0.39 is 0 Å². The maximum absolute atomic E-state index is 4.40. The zero-order chi connectivity index (χ0) is 12.0. The fourth-order valence-electron chi connectivity index (χ4n) is 4.56. The number of hydrogen-bond donors (Lipinski definition) is 0. The second-order valence-corrected chi connectivity index (χ2v) is 6.76. The van der Waals surface area contributed by atoms with Crippen LogP contribution in [0.15, 0.2) is 12.2 Å². The maximum atomic E-state index is 4.40. The minimum absolute atomic E-state index is 0.454. The van der Waals surface area contributed by atoms with Crippen LogP contribution in [0.5, 0.6) is 0 Å². The summed E-state index contributed by atoms with van der Waals surface area (Å²) in [5, 5.41) is 0. The largest absolute Gasteiger partial charge is 0.0993 e. The zero-order valence-electron chi connectivity index (χ0n) is 11.6. The van der Waals surface area contributed by atoms with Crippen LogP contribution in [0.2, 0.25) is 0 Å². The maximum Gasteiger partial charge on any atom is -0.00854 e. The lowest BCUT2D eigenvalue weighted by molar-refractivity contribution is -0.0515. The normalized spacial score (nSPS) is 48.9. The first-order chi connectivity index (χ1) is 7.45. The number of hydrogen-bond acceptors (Lipinski definition) is 0. The van der Waals surface area contributed by atoms with Gasteiger partial charge in [0.15, 0.2) is 0 Å². The quantitative estimate of drug-likeness (QED) is 0.533. The minimum atomic E-state index is 0.454. The summed E-state index contributed by atoms with van der Waals surface area (Å²) in [7, 11) is 0. The van der Waals surface area contributed by atoms with Gasteiger partial charge in [-0.1, -0.05) is 46.3 Å². The lowest BCUT2D eigenvalue weighted by Gasteiger charge is -2.58. The molecule has 0 aromatic heterocycles. The van der Waals surface area contributed by atoms with Crippen LogP contribution in [0.3, 0.4) is 0 Å². The van der Waals surface area contributed by atoms with Crippen LogP contribution in [0.25, 0.3) is 0 Å². The van der Waals surface area contributed by atoms with Gasteiger partial charge in [0.2, 0.25) is 0 Å². The molecule has 0 aliphatic heterocycles. The highest BCUT2D eigenvalue weighted by Gasteiger charge is 2.52. The van der Waals surface area contributed by atoms with E-state index >= 15 is 0 Å². The average molecular weight is 220 g/mol. The molecule has 92 valence electrons. The molecule has 0 nitrogen and oxygen atoms in total. The smallest absolute Gasteiger partial charge is 0.00854 e. The third-order valence-electron chi connectivity index (χ3n) is 6.33. The SMILES string of the molecule is C=C1CCC[C@@H]2[C@@](C)(CC)[C@H](C)CC[C@@]12C. The molecule has 2 aliphatic rings. The summed E-state index contributed by atoms with van der Waals surface area (Å²) in [5.41, 5.74) is 2.56. The van der Waals surface area contributed by atoms with Gasteiger partial charge in [-0.15, -0.1) is 0 Å². The molecule has 0 N–H and O–H groups in total. The molecule has 0 aromatic rings. The fourth-order valence-corrected chi connectivity index (χ4v) is 4.56. The van der Waals surface area contributed by atoms with Crippen molar-refractivity contribution >= 4 is 0 Å². The Morgan fingerprint density at radius 1 is 1.31 bits per heavy atom. The first-order valence-electron chi connectivity index (χ1n) is 7.13. The number of allylic oxidation sites excluding steroid dienone is 1. The standard InChI is InChI=1S/C16H28/c1-6-15(4)13(3)10-11-16(5)12(2)8-7-9-14(15)16/h13-14H,2,6-11H2,1,3-5H3/t13-,14-,15+,16+/m1/s1. The van der Waals surface area contributed by atoms with Crippen molar-refractivity contribution in [3.05, 3.63) is 12.2 Å². The van der Waals surface area contributed by atoms with Gasteiger partial charge in [0, 0.05) is 0 Å². The zero-order valence-corrected chi connectivity index (χ0v) is 11.6. The van der Waals surface area contributed by atoms with Gasteiger partial charge >= 0.3 is 0 Å². The summed E-state index contributed by atoms with van der Waals surface area (Å²) in [4.78, 5) is 0. The Labute approximate surface area is 102 Å². The highest BCUT2D eigenvalue weighted by Crippen LogP contribution is 2.62. The van der Waals surface area contributed by atoms with Crippen LogP contribution in [-0.2, 0) is 0 Å². The predicted octanol–water partition coefficient (Wildman–Crippen LogP) is 5.20. The second kappa shape index (κ2) is 3.89. The van der Waals surface area contributed by atoms with Crippen LogP contribution in [-0.4, -0.2) is 0 Å². The first kappa shape index (κ1) is 12.2. The molecule has 2 rings (SSSR count). The average Bonchev–Trinajstić information content (AvgIpc) is 2.27. The van der Waals surface area contributed by atoms with Gasteiger partial charge < -0.3 is 0 Å². The van der Waals surface area contributed by atoms with E-state index in [1.807, 2.05) is 0 Å². The van der Waals surface area contributed by atoms with Gasteiger partial charge in [0.05, 0.1) is 0 Å². The van der Waals surface area contributed by atoms with Crippen LogP contribution >= 0.6 is 0 Å². The van der Waals surface area contributed by atoms with Crippen molar-refractivity contribution < 1.29 is 0 Å². The molecule has 0 heterocycles. The Hall–Kier alpha value is -0.260. The van der Waals surface area contributed by atoms with Crippen LogP contribution < -0.4 is 0 Å². The Kier molecular flexibility index (Phi) is 2.97. The van der Waals surface area contributed by atoms with Crippen molar-refractivity contribution in [3.8, 4) is 0 Å². The summed E-state index contributed by atoms with van der Waals surface area (Å²) in [6, 6.07) is 0. The molecule has 0 unspecified atom stereocenters. The van der Waals surface area contributed by atoms with Crippen molar-refractivity contribution in [2.24, 2.45) is 22.7 Å². The van der Waals surface area contributed by atoms with E-state index in [0.717, 1.165) is 11.8 Å². The van der Waals surface area contributed by atoms with Crippen LogP contribution in [0.1, 0.15) is 66.2 Å². The molecule has 2 fully saturated rings. The molecule has 2 saturated carbocycles. The Bertz CT molecular complexity index is 290. The monoisotopic (exact) mass is 220 g/mol. The third kappa shape index (κ3) is 1.49. The minimum Gasteiger partial charge on any atom is -0.0993 e. The Morgan fingerprint density at radius 2 is 2.00 bits per heavy atom. The molecule has 0 amide bonds. The molecule has 2 aliphatic carbocycles. The van der Waals surface area contributed by atoms with Crippen molar-refractivity contribution in [2.75, 3.05) is 0 Å². The van der Waals surface area contributed by atoms with Gasteiger partial charge in [-0.2, -0.15) is 0 Å². The molecule has 0 radical (unpaired) electrons. The molecule has 4 atom stereocenters. The predicted molar refractivity (Wildman–Crippen MR) is 71.4 cm³/mol. The van der Waals surface area contributed by atoms with E-state index in [2.05, 4.69) is 34.3 Å². The van der Waals surface area contributed by atoms with Gasteiger partial charge in [-0.3, -0.25) is 0 Å². The molecule has 16 heavy (non-hydrogen) atoms. The summed E-state index contributed by atoms with van der Waals surface area (Å²) in [6.45, 7) is 14.3. The molecule has 0 spiro atoms. The third-order valence-corrected chi connectivity index (χ3v) is 6.33. The number of fused-ring (bicyclic) bond motifs is 1. The lowest BCUT2D eigenvalue weighted by atomic mass is 9.46. The van der Waals surface area contributed by atoms with Gasteiger partial charge in [-0.25, -0.2) is 0 Å². The van der Waals surface area contributed by atoms with Crippen molar-refractivity contribution in [1.82, 2.24) is 0 Å². The van der Waals surface area contributed by atoms with E-state index in [1.54, 1.807) is 5.57 Å². The summed E-state index contributed by atoms with van der Waals surface area (Å²) in [5.74, 6) is 1.77. The van der Waals surface area contributed by atoms with E-state index in [9.17, 15) is 0 Å². The Morgan fingerprint density at radius 3 is 2.62 bits per heavy atom. The Balaban J connectivity index is 2.37. The lowest BCUT2D eigenvalue weighted by Crippen LogP contribution is -2.49. The van der Waals surface area contributed by atoms with Crippen LogP contribution in [0.4, 0.5) is 0 Å². The molecule has 0 heteroatoms. The van der Waals surface area contributed by atoms with E-state index in [0.29, 0.717) is 10.8 Å². The highest BCUT2D eigenvalue weighted by molar-refractivity contribution is 5.18. The van der Waals surface area contributed by atoms with Gasteiger partial charge in [0.25, 0.3) is 0 Å². The molecular formula is C16H28. The van der Waals surface area contributed by atoms with Crippen LogP contribution in [0, 0.1) is 22.7 Å². The summed E-state index contributed by atoms with van der Waals surface area (Å²) in [6.07, 6.45) is 8.21. The molecular weight excluding hydrogens is 192 g/mol. The fraction of sp³-hybridized carbons (Fsp3) is 0.875. The van der Waals surface area contributed by atoms with E-state index in [4.69, 9.17) is 0 Å². The summed E-state index contributed by atoms with van der Waals surface area (Å²) >= 11 is 0. The number of rotatable bonds is 1. The van der Waals surface area contributed by atoms with Crippen molar-refractivity contribution in [1.29, 1.82) is 0 Å². The summed E-state index contributed by atoms with van der Waals surface area (Å²) < 4.78 is 0. The van der Waals surface area contributed by atoms with E-state index in [-0.39, 0.29) is 0 Å². The van der Waals surface area contributed by atoms with Gasteiger partial charge in [-0.05, 0) is 54.8 Å². The molecule has 0 saturated heterocycles. The van der Waals surface area contributed by atoms with E-state index in [1.165, 1.54) is 38.5 Å². The topological polar surface area (TPSA) is 0 Å². The molecule has 0 bridgehead atoms. The molecule has 0 aromatic carbocycles. The first-order valence-corrected chi connectivity index (χ1v) is 7.13. The highest BCUT2D eigenvalue weighted by atomic mass is 14.6.